The summed E-state index contributed by atoms with van der Waals surface area (Å²) in [4.78, 5) is 6.02. The zero-order chi connectivity index (χ0) is 11.9. The smallest absolute Gasteiger partial charge is 0.209 e. The lowest BCUT2D eigenvalue weighted by Gasteiger charge is -2.04. The lowest BCUT2D eigenvalue weighted by molar-refractivity contribution is 0.821. The van der Waals surface area contributed by atoms with E-state index in [1.165, 1.54) is 0 Å². The fourth-order valence-corrected chi connectivity index (χ4v) is 1.29. The van der Waals surface area contributed by atoms with Crippen LogP contribution in [0.2, 0.25) is 0 Å². The third kappa shape index (κ3) is 3.53. The summed E-state index contributed by atoms with van der Waals surface area (Å²) in [6.07, 6.45) is 5.28. The van der Waals surface area contributed by atoms with Gasteiger partial charge in [-0.2, -0.15) is 5.10 Å². The van der Waals surface area contributed by atoms with Gasteiger partial charge in [0.2, 0.25) is 5.96 Å². The topological polar surface area (TPSA) is 91.8 Å². The van der Waals surface area contributed by atoms with Crippen molar-refractivity contribution in [2.75, 3.05) is 0 Å². The summed E-state index contributed by atoms with van der Waals surface area (Å²) in [5, 5.41) is 14.4. The molecular weight excluding hydrogens is 216 g/mol. The molecular formula is C11H14N6. The van der Waals surface area contributed by atoms with Gasteiger partial charge < -0.3 is 15.3 Å². The molecule has 0 aliphatic rings. The van der Waals surface area contributed by atoms with E-state index in [1.54, 1.807) is 6.21 Å². The fraction of sp³-hybridized carbons (Fsp3) is 0.0909. The summed E-state index contributed by atoms with van der Waals surface area (Å²) in [7, 11) is 0. The lowest BCUT2D eigenvalue weighted by Crippen LogP contribution is -2.32. The summed E-state index contributed by atoms with van der Waals surface area (Å²) >= 11 is 0. The van der Waals surface area contributed by atoms with Crippen molar-refractivity contribution in [2.24, 2.45) is 5.10 Å². The molecule has 2 rings (SSSR count). The van der Waals surface area contributed by atoms with Crippen molar-refractivity contribution in [3.05, 3.63) is 48.0 Å². The first-order valence-corrected chi connectivity index (χ1v) is 5.22. The average Bonchev–Trinajstić information content (AvgIpc) is 2.99. The Hall–Kier alpha value is -2.50. The predicted molar refractivity (Wildman–Crippen MR) is 66.9 cm³/mol. The molecule has 0 aromatic carbocycles. The largest absolute Gasteiger partial charge is 0.364 e. The molecule has 2 aromatic rings. The molecule has 0 saturated carbocycles. The van der Waals surface area contributed by atoms with Gasteiger partial charge in [0.15, 0.2) is 0 Å². The maximum absolute atomic E-state index is 7.56. The third-order valence-electron chi connectivity index (χ3n) is 2.12. The highest BCUT2D eigenvalue weighted by molar-refractivity contribution is 5.81. The van der Waals surface area contributed by atoms with Crippen LogP contribution in [-0.4, -0.2) is 22.1 Å². The van der Waals surface area contributed by atoms with Crippen LogP contribution in [0, 0.1) is 5.41 Å². The van der Waals surface area contributed by atoms with Crippen molar-refractivity contribution in [1.29, 1.82) is 5.41 Å². The molecule has 0 bridgehead atoms. The summed E-state index contributed by atoms with van der Waals surface area (Å²) < 4.78 is 0. The Morgan fingerprint density at radius 1 is 1.29 bits per heavy atom. The van der Waals surface area contributed by atoms with Gasteiger partial charge in [0, 0.05) is 18.1 Å². The molecule has 0 aliphatic heterocycles. The molecule has 0 saturated heterocycles. The maximum atomic E-state index is 7.56. The Balaban J connectivity index is 1.71. The van der Waals surface area contributed by atoms with Crippen LogP contribution < -0.4 is 10.7 Å². The number of hydrogen-bond donors (Lipinski definition) is 5. The second-order valence-electron chi connectivity index (χ2n) is 3.42. The van der Waals surface area contributed by atoms with E-state index in [-0.39, 0.29) is 5.96 Å². The van der Waals surface area contributed by atoms with Crippen LogP contribution in [0.25, 0.3) is 0 Å². The van der Waals surface area contributed by atoms with Crippen molar-refractivity contribution in [3.8, 4) is 0 Å². The second kappa shape index (κ2) is 5.55. The van der Waals surface area contributed by atoms with Crippen LogP contribution in [0.1, 0.15) is 11.4 Å². The highest BCUT2D eigenvalue weighted by Gasteiger charge is 1.94. The number of H-pyrrole nitrogens is 2. The molecule has 0 radical (unpaired) electrons. The van der Waals surface area contributed by atoms with E-state index in [0.717, 1.165) is 11.4 Å². The molecule has 17 heavy (non-hydrogen) atoms. The minimum absolute atomic E-state index is 0.155. The molecule has 0 spiro atoms. The van der Waals surface area contributed by atoms with Crippen molar-refractivity contribution < 1.29 is 0 Å². The van der Waals surface area contributed by atoms with Crippen LogP contribution in [0.3, 0.4) is 0 Å². The zero-order valence-electron chi connectivity index (χ0n) is 9.20. The SMILES string of the molecule is N=C(NCc1ccc[nH]1)N/N=C/c1ccc[nH]1. The molecule has 6 nitrogen and oxygen atoms in total. The first-order chi connectivity index (χ1) is 8.34. The maximum Gasteiger partial charge on any atom is 0.209 e. The minimum atomic E-state index is 0.155. The van der Waals surface area contributed by atoms with Gasteiger partial charge in [-0.1, -0.05) is 0 Å². The van der Waals surface area contributed by atoms with Crippen LogP contribution in [0.5, 0.6) is 0 Å². The van der Waals surface area contributed by atoms with Gasteiger partial charge in [0.25, 0.3) is 0 Å². The van der Waals surface area contributed by atoms with Gasteiger partial charge in [-0.25, -0.2) is 5.43 Å². The van der Waals surface area contributed by atoms with E-state index in [2.05, 4.69) is 25.8 Å². The van der Waals surface area contributed by atoms with E-state index in [4.69, 9.17) is 5.41 Å². The van der Waals surface area contributed by atoms with E-state index >= 15 is 0 Å². The first-order valence-electron chi connectivity index (χ1n) is 5.22. The summed E-state index contributed by atoms with van der Waals surface area (Å²) in [6.45, 7) is 0.566. The first kappa shape index (κ1) is 11.0. The normalized spacial score (nSPS) is 10.6. The Labute approximate surface area is 98.7 Å². The molecule has 6 heteroatoms. The summed E-state index contributed by atoms with van der Waals surface area (Å²) in [5.41, 5.74) is 4.49. The number of rotatable bonds is 4. The molecule has 0 atom stereocenters. The van der Waals surface area contributed by atoms with Gasteiger partial charge in [-0.15, -0.1) is 0 Å². The summed E-state index contributed by atoms with van der Waals surface area (Å²) in [6, 6.07) is 7.64. The molecule has 5 N–H and O–H groups in total. The quantitative estimate of drug-likeness (QED) is 0.308. The number of guanidine groups is 1. The Morgan fingerprint density at radius 2 is 2.12 bits per heavy atom. The molecule has 88 valence electrons. The Bertz CT molecular complexity index is 468. The zero-order valence-corrected chi connectivity index (χ0v) is 9.20. The third-order valence-corrected chi connectivity index (χ3v) is 2.12. The summed E-state index contributed by atoms with van der Waals surface area (Å²) in [5.74, 6) is 0.155. The van der Waals surface area contributed by atoms with E-state index < -0.39 is 0 Å². The Morgan fingerprint density at radius 3 is 2.82 bits per heavy atom. The van der Waals surface area contributed by atoms with E-state index in [9.17, 15) is 0 Å². The number of hydrazone groups is 1. The van der Waals surface area contributed by atoms with Gasteiger partial charge in [-0.3, -0.25) is 5.41 Å². The monoisotopic (exact) mass is 230 g/mol. The number of hydrogen-bond acceptors (Lipinski definition) is 2. The minimum Gasteiger partial charge on any atom is -0.364 e. The van der Waals surface area contributed by atoms with Crippen molar-refractivity contribution in [3.63, 3.8) is 0 Å². The van der Waals surface area contributed by atoms with Crippen LogP contribution >= 0.6 is 0 Å². The number of nitrogens with zero attached hydrogens (tertiary/aromatic N) is 1. The van der Waals surface area contributed by atoms with Crippen molar-refractivity contribution >= 4 is 12.2 Å². The fourth-order valence-electron chi connectivity index (χ4n) is 1.29. The number of aromatic nitrogens is 2. The highest BCUT2D eigenvalue weighted by atomic mass is 15.4. The molecule has 0 amide bonds. The standard InChI is InChI=1S/C11H14N6/c12-11(15-7-9-3-1-5-13-9)17-16-8-10-4-2-6-14-10/h1-6,8,13-14H,7H2,(H3,12,15,17)/b16-8+. The Kier molecular flexibility index (Phi) is 3.59. The van der Waals surface area contributed by atoms with Crippen molar-refractivity contribution in [2.45, 2.75) is 6.54 Å². The van der Waals surface area contributed by atoms with Crippen LogP contribution in [-0.2, 0) is 6.54 Å². The molecule has 2 aromatic heterocycles. The van der Waals surface area contributed by atoms with Gasteiger partial charge in [-0.05, 0) is 24.3 Å². The van der Waals surface area contributed by atoms with Gasteiger partial charge in [0.1, 0.15) is 0 Å². The van der Waals surface area contributed by atoms with Gasteiger partial charge in [0.05, 0.1) is 18.5 Å². The molecule has 0 aliphatic carbocycles. The van der Waals surface area contributed by atoms with Crippen LogP contribution in [0.15, 0.2) is 41.8 Å². The lowest BCUT2D eigenvalue weighted by atomic mass is 10.4. The number of nitrogens with one attached hydrogen (secondary N) is 5. The molecule has 0 fully saturated rings. The van der Waals surface area contributed by atoms with E-state index in [1.807, 2.05) is 36.7 Å². The van der Waals surface area contributed by atoms with E-state index in [0.29, 0.717) is 6.54 Å². The van der Waals surface area contributed by atoms with Crippen molar-refractivity contribution in [1.82, 2.24) is 20.7 Å². The molecule has 0 unspecified atom stereocenters. The second-order valence-corrected chi connectivity index (χ2v) is 3.42. The molecule has 2 heterocycles. The highest BCUT2D eigenvalue weighted by Crippen LogP contribution is 1.92. The predicted octanol–water partition coefficient (Wildman–Crippen LogP) is 0.991. The number of aromatic amines is 2. The average molecular weight is 230 g/mol. The van der Waals surface area contributed by atoms with Crippen LogP contribution in [0.4, 0.5) is 0 Å². The van der Waals surface area contributed by atoms with Gasteiger partial charge >= 0.3 is 0 Å².